The summed E-state index contributed by atoms with van der Waals surface area (Å²) in [6.07, 6.45) is 5.43. The van der Waals surface area contributed by atoms with E-state index in [-0.39, 0.29) is 16.9 Å². The molecule has 0 radical (unpaired) electrons. The van der Waals surface area contributed by atoms with Crippen LogP contribution in [0, 0.1) is 0 Å². The number of thiophene rings is 1. The molecule has 0 saturated carbocycles. The molecule has 0 bridgehead atoms. The molecular weight excluding hydrogens is 282 g/mol. The van der Waals surface area contributed by atoms with Gasteiger partial charge in [-0.2, -0.15) is 0 Å². The molecule has 0 amide bonds. The fraction of sp³-hybridized carbons (Fsp3) is 0.692. The first-order valence-corrected chi connectivity index (χ1v) is 9.01. The highest BCUT2D eigenvalue weighted by Gasteiger charge is 2.19. The van der Waals surface area contributed by atoms with Gasteiger partial charge >= 0.3 is 0 Å². The Kier molecular flexibility index (Phi) is 6.99. The summed E-state index contributed by atoms with van der Waals surface area (Å²) in [5.41, 5.74) is 0. The molecule has 110 valence electrons. The largest absolute Gasteiger partial charge is 0.391 e. The Hall–Kier alpha value is -0.430. The summed E-state index contributed by atoms with van der Waals surface area (Å²) in [5.74, 6) is 0. The second-order valence-corrected chi connectivity index (χ2v) is 7.86. The van der Waals surface area contributed by atoms with E-state index < -0.39 is 10.0 Å². The standard InChI is InChI=1S/C13H23NO3S2/c1-3-4-5-6-7-11(2)14-19(16,17)13-9-8-12(10-15)18-13/h8-9,11,14-15H,3-7,10H2,1-2H3. The summed E-state index contributed by atoms with van der Waals surface area (Å²) in [4.78, 5) is 0.663. The summed E-state index contributed by atoms with van der Waals surface area (Å²) < 4.78 is 27.1. The first-order valence-electron chi connectivity index (χ1n) is 6.71. The molecule has 2 N–H and O–H groups in total. The van der Waals surface area contributed by atoms with Gasteiger partial charge in [0.15, 0.2) is 0 Å². The third-order valence-electron chi connectivity index (χ3n) is 2.90. The van der Waals surface area contributed by atoms with Gasteiger partial charge < -0.3 is 5.11 Å². The normalized spacial score (nSPS) is 13.6. The molecule has 0 aliphatic carbocycles. The highest BCUT2D eigenvalue weighted by atomic mass is 32.2. The quantitative estimate of drug-likeness (QED) is 0.689. The van der Waals surface area contributed by atoms with Crippen molar-refractivity contribution in [2.45, 2.75) is 62.8 Å². The Morgan fingerprint density at radius 3 is 2.63 bits per heavy atom. The molecule has 1 rings (SSSR count). The third-order valence-corrected chi connectivity index (χ3v) is 6.06. The number of hydrogen-bond acceptors (Lipinski definition) is 4. The van der Waals surface area contributed by atoms with Crippen LogP contribution in [0.15, 0.2) is 16.3 Å². The topological polar surface area (TPSA) is 66.4 Å². The molecule has 0 fully saturated rings. The van der Waals surface area contributed by atoms with Crippen LogP contribution in [0.2, 0.25) is 0 Å². The minimum Gasteiger partial charge on any atom is -0.391 e. The van der Waals surface area contributed by atoms with Gasteiger partial charge in [-0.3, -0.25) is 0 Å². The minimum absolute atomic E-state index is 0.0541. The Balaban J connectivity index is 2.49. The summed E-state index contributed by atoms with van der Waals surface area (Å²) in [5, 5.41) is 8.96. The van der Waals surface area contributed by atoms with Crippen LogP contribution in [-0.2, 0) is 16.6 Å². The second-order valence-electron chi connectivity index (χ2n) is 4.75. The first kappa shape index (κ1) is 16.6. The fourth-order valence-corrected chi connectivity index (χ4v) is 4.36. The average molecular weight is 305 g/mol. The van der Waals surface area contributed by atoms with Gasteiger partial charge in [-0.1, -0.05) is 32.6 Å². The second kappa shape index (κ2) is 7.99. The van der Waals surface area contributed by atoms with Crippen molar-refractivity contribution >= 4 is 21.4 Å². The van der Waals surface area contributed by atoms with Crippen molar-refractivity contribution in [3.05, 3.63) is 17.0 Å². The highest BCUT2D eigenvalue weighted by Crippen LogP contribution is 2.22. The summed E-state index contributed by atoms with van der Waals surface area (Å²) in [7, 11) is -3.43. The predicted molar refractivity (Wildman–Crippen MR) is 78.8 cm³/mol. The Morgan fingerprint density at radius 2 is 2.05 bits per heavy atom. The van der Waals surface area contributed by atoms with Crippen LogP contribution in [-0.4, -0.2) is 19.6 Å². The number of aliphatic hydroxyl groups excluding tert-OH is 1. The fourth-order valence-electron chi connectivity index (χ4n) is 1.85. The van der Waals surface area contributed by atoms with Crippen molar-refractivity contribution in [1.82, 2.24) is 4.72 Å². The SMILES string of the molecule is CCCCCCC(C)NS(=O)(=O)c1ccc(CO)s1. The van der Waals surface area contributed by atoms with Crippen LogP contribution in [0.5, 0.6) is 0 Å². The van der Waals surface area contributed by atoms with Gasteiger partial charge in [0, 0.05) is 10.9 Å². The molecular formula is C13H23NO3S2. The van der Waals surface area contributed by atoms with Gasteiger partial charge in [0.1, 0.15) is 4.21 Å². The smallest absolute Gasteiger partial charge is 0.250 e. The number of aliphatic hydroxyl groups is 1. The zero-order valence-electron chi connectivity index (χ0n) is 11.6. The van der Waals surface area contributed by atoms with E-state index >= 15 is 0 Å². The van der Waals surface area contributed by atoms with E-state index in [9.17, 15) is 8.42 Å². The Bertz CT molecular complexity index is 468. The molecule has 0 saturated heterocycles. The molecule has 0 aliphatic heterocycles. The third kappa shape index (κ3) is 5.60. The van der Waals surface area contributed by atoms with E-state index in [4.69, 9.17) is 5.11 Å². The van der Waals surface area contributed by atoms with Crippen molar-refractivity contribution in [2.24, 2.45) is 0 Å². The van der Waals surface area contributed by atoms with E-state index in [1.165, 1.54) is 12.8 Å². The van der Waals surface area contributed by atoms with E-state index in [2.05, 4.69) is 11.6 Å². The first-order chi connectivity index (χ1) is 8.99. The number of nitrogens with one attached hydrogen (secondary N) is 1. The number of sulfonamides is 1. The molecule has 0 aromatic carbocycles. The summed E-state index contributed by atoms with van der Waals surface area (Å²) in [6, 6.07) is 3.13. The molecule has 1 unspecified atom stereocenters. The van der Waals surface area contributed by atoms with Crippen LogP contribution in [0.1, 0.15) is 50.8 Å². The average Bonchev–Trinajstić information content (AvgIpc) is 2.83. The van der Waals surface area contributed by atoms with Crippen molar-refractivity contribution in [2.75, 3.05) is 0 Å². The van der Waals surface area contributed by atoms with Crippen molar-refractivity contribution in [3.63, 3.8) is 0 Å². The maximum absolute atomic E-state index is 12.1. The molecule has 1 aromatic heterocycles. The number of rotatable bonds is 9. The van der Waals surface area contributed by atoms with Crippen LogP contribution >= 0.6 is 11.3 Å². The van der Waals surface area contributed by atoms with E-state index in [0.29, 0.717) is 4.88 Å². The maximum Gasteiger partial charge on any atom is 0.250 e. The highest BCUT2D eigenvalue weighted by molar-refractivity contribution is 7.91. The monoisotopic (exact) mass is 305 g/mol. The lowest BCUT2D eigenvalue weighted by molar-refractivity contribution is 0.285. The van der Waals surface area contributed by atoms with Gasteiger partial charge in [0.2, 0.25) is 10.0 Å². The molecule has 1 atom stereocenters. The minimum atomic E-state index is -3.43. The molecule has 6 heteroatoms. The Morgan fingerprint density at radius 1 is 1.32 bits per heavy atom. The van der Waals surface area contributed by atoms with E-state index in [0.717, 1.165) is 30.6 Å². The van der Waals surface area contributed by atoms with Gasteiger partial charge in [0.05, 0.1) is 6.61 Å². The summed E-state index contributed by atoms with van der Waals surface area (Å²) >= 11 is 1.11. The van der Waals surface area contributed by atoms with Crippen LogP contribution in [0.4, 0.5) is 0 Å². The zero-order chi connectivity index (χ0) is 14.3. The van der Waals surface area contributed by atoms with Crippen molar-refractivity contribution in [1.29, 1.82) is 0 Å². The van der Waals surface area contributed by atoms with Gasteiger partial charge in [0.25, 0.3) is 0 Å². The van der Waals surface area contributed by atoms with Crippen LogP contribution in [0.3, 0.4) is 0 Å². The molecule has 1 aromatic rings. The summed E-state index contributed by atoms with van der Waals surface area (Å²) in [6.45, 7) is 3.93. The lowest BCUT2D eigenvalue weighted by Gasteiger charge is -2.13. The van der Waals surface area contributed by atoms with Crippen molar-refractivity contribution in [3.8, 4) is 0 Å². The van der Waals surface area contributed by atoms with Gasteiger partial charge in [-0.15, -0.1) is 11.3 Å². The molecule has 19 heavy (non-hydrogen) atoms. The zero-order valence-corrected chi connectivity index (χ0v) is 13.2. The lowest BCUT2D eigenvalue weighted by atomic mass is 10.1. The molecule has 4 nitrogen and oxygen atoms in total. The number of hydrogen-bond donors (Lipinski definition) is 2. The maximum atomic E-state index is 12.1. The van der Waals surface area contributed by atoms with Crippen LogP contribution < -0.4 is 4.72 Å². The Labute approximate surface area is 119 Å². The molecule has 1 heterocycles. The number of unbranched alkanes of at least 4 members (excludes halogenated alkanes) is 3. The van der Waals surface area contributed by atoms with Crippen molar-refractivity contribution < 1.29 is 13.5 Å². The van der Waals surface area contributed by atoms with E-state index in [1.54, 1.807) is 12.1 Å². The van der Waals surface area contributed by atoms with E-state index in [1.807, 2.05) is 6.92 Å². The van der Waals surface area contributed by atoms with Gasteiger partial charge in [-0.05, 0) is 25.5 Å². The lowest BCUT2D eigenvalue weighted by Crippen LogP contribution is -2.32. The molecule has 0 aliphatic rings. The molecule has 0 spiro atoms. The van der Waals surface area contributed by atoms with Crippen LogP contribution in [0.25, 0.3) is 0 Å². The predicted octanol–water partition coefficient (Wildman–Crippen LogP) is 2.88. The van der Waals surface area contributed by atoms with Gasteiger partial charge in [-0.25, -0.2) is 13.1 Å².